The second-order valence-electron chi connectivity index (χ2n) is 2.96. The fourth-order valence-corrected chi connectivity index (χ4v) is 3.03. The third-order valence-electron chi connectivity index (χ3n) is 1.66. The van der Waals surface area contributed by atoms with Crippen LogP contribution in [0.5, 0.6) is 0 Å². The van der Waals surface area contributed by atoms with E-state index in [0.29, 0.717) is 0 Å². The maximum absolute atomic E-state index is 8.73. The number of rotatable bonds is 3. The molecule has 0 aliphatic carbocycles. The third kappa shape index (κ3) is 2.90. The van der Waals surface area contributed by atoms with E-state index < -0.39 is 0 Å². The fourth-order valence-electron chi connectivity index (χ4n) is 1.01. The lowest BCUT2D eigenvalue weighted by Crippen LogP contribution is -2.09. The number of aliphatic hydroxyl groups excluding tert-OH is 1. The molecule has 1 rings (SSSR count). The van der Waals surface area contributed by atoms with Crippen molar-refractivity contribution < 1.29 is 9.63 Å². The van der Waals surface area contributed by atoms with E-state index in [0.717, 1.165) is 6.16 Å². The smallest absolute Gasteiger partial charge is 0.0824 e. The molecule has 2 atom stereocenters. The Balaban J connectivity index is 2.28. The summed E-state index contributed by atoms with van der Waals surface area (Å²) in [5.74, 6) is 2.21. The molecule has 0 radical (unpaired) electrons. The Morgan fingerprint density at radius 3 is 3.00 bits per heavy atom. The van der Waals surface area contributed by atoms with E-state index in [-0.39, 0.29) is 20.9 Å². The molecule has 11 heavy (non-hydrogen) atoms. The number of aliphatic hydroxyl groups is 1. The molecule has 0 aromatic carbocycles. The van der Waals surface area contributed by atoms with Crippen LogP contribution in [-0.4, -0.2) is 24.0 Å². The van der Waals surface area contributed by atoms with E-state index in [1.54, 1.807) is 0 Å². The molecule has 64 valence electrons. The fraction of sp³-hybridized carbons (Fsp3) is 0.750. The van der Waals surface area contributed by atoms with Gasteiger partial charge in [0.05, 0.1) is 20.9 Å². The highest BCUT2D eigenvalue weighted by Gasteiger charge is 2.15. The van der Waals surface area contributed by atoms with E-state index in [4.69, 9.17) is 9.63 Å². The standard InChI is InChI=1S/C8H15O2P/c1-7-3-4-11(6-7)10-8(2)5-9/h6,8-9H,3-5H2,1-2H3. The molecule has 3 heteroatoms. The summed E-state index contributed by atoms with van der Waals surface area (Å²) in [6.07, 6.45) is 2.32. The van der Waals surface area contributed by atoms with Crippen LogP contribution < -0.4 is 0 Å². The predicted molar refractivity (Wildman–Crippen MR) is 47.8 cm³/mol. The molecule has 2 unspecified atom stereocenters. The van der Waals surface area contributed by atoms with E-state index in [9.17, 15) is 0 Å². The lowest BCUT2D eigenvalue weighted by Gasteiger charge is -2.14. The van der Waals surface area contributed by atoms with Gasteiger partial charge in [-0.1, -0.05) is 5.57 Å². The van der Waals surface area contributed by atoms with Gasteiger partial charge in [0.25, 0.3) is 0 Å². The second kappa shape index (κ2) is 4.20. The minimum Gasteiger partial charge on any atom is -0.394 e. The normalized spacial score (nSPS) is 26.8. The van der Waals surface area contributed by atoms with Gasteiger partial charge >= 0.3 is 0 Å². The highest BCUT2D eigenvalue weighted by Crippen LogP contribution is 2.47. The van der Waals surface area contributed by atoms with Gasteiger partial charge in [-0.3, -0.25) is 0 Å². The van der Waals surface area contributed by atoms with Gasteiger partial charge in [0.15, 0.2) is 0 Å². The molecule has 0 spiro atoms. The molecule has 0 saturated heterocycles. The van der Waals surface area contributed by atoms with Crippen molar-refractivity contribution in [3.63, 3.8) is 0 Å². The highest BCUT2D eigenvalue weighted by molar-refractivity contribution is 7.56. The van der Waals surface area contributed by atoms with Gasteiger partial charge in [-0.2, -0.15) is 0 Å². The van der Waals surface area contributed by atoms with E-state index >= 15 is 0 Å². The molecule has 0 fully saturated rings. The molecule has 0 aromatic rings. The molecule has 1 heterocycles. The lowest BCUT2D eigenvalue weighted by atomic mass is 10.3. The van der Waals surface area contributed by atoms with Crippen LogP contribution in [0.2, 0.25) is 0 Å². The Morgan fingerprint density at radius 1 is 1.82 bits per heavy atom. The molecule has 1 aliphatic rings. The van der Waals surface area contributed by atoms with Gasteiger partial charge in [0.2, 0.25) is 0 Å². The highest BCUT2D eigenvalue weighted by atomic mass is 31.1. The summed E-state index contributed by atoms with van der Waals surface area (Å²) in [4.78, 5) is 0. The van der Waals surface area contributed by atoms with Crippen LogP contribution >= 0.6 is 8.15 Å². The van der Waals surface area contributed by atoms with Crippen molar-refractivity contribution in [2.75, 3.05) is 12.8 Å². The van der Waals surface area contributed by atoms with Crippen molar-refractivity contribution >= 4 is 8.15 Å². The Hall–Kier alpha value is 0.0900. The zero-order valence-electron chi connectivity index (χ0n) is 7.08. The van der Waals surface area contributed by atoms with Gasteiger partial charge < -0.3 is 9.63 Å². The summed E-state index contributed by atoms with van der Waals surface area (Å²) in [7, 11) is -0.352. The number of hydrogen-bond acceptors (Lipinski definition) is 2. The van der Waals surface area contributed by atoms with Crippen LogP contribution in [0.3, 0.4) is 0 Å². The Morgan fingerprint density at radius 2 is 2.55 bits per heavy atom. The number of hydrogen-bond donors (Lipinski definition) is 1. The molecule has 0 aromatic heterocycles. The van der Waals surface area contributed by atoms with Crippen LogP contribution in [0.1, 0.15) is 20.3 Å². The molecule has 0 saturated carbocycles. The molecular weight excluding hydrogens is 159 g/mol. The first-order valence-electron chi connectivity index (χ1n) is 3.94. The van der Waals surface area contributed by atoms with Crippen LogP contribution in [0.4, 0.5) is 0 Å². The largest absolute Gasteiger partial charge is 0.394 e. The van der Waals surface area contributed by atoms with Crippen molar-refractivity contribution in [2.45, 2.75) is 26.4 Å². The molecular formula is C8H15O2P. The van der Waals surface area contributed by atoms with Gasteiger partial charge in [-0.25, -0.2) is 0 Å². The minimum absolute atomic E-state index is 0.00302. The molecule has 1 N–H and O–H groups in total. The SMILES string of the molecule is CC1=CP(OC(C)CO)CC1. The molecule has 2 nitrogen and oxygen atoms in total. The molecule has 1 aliphatic heterocycles. The zero-order chi connectivity index (χ0) is 8.27. The van der Waals surface area contributed by atoms with Gasteiger partial charge in [-0.05, 0) is 32.2 Å². The van der Waals surface area contributed by atoms with Crippen LogP contribution in [0.25, 0.3) is 0 Å². The Kier molecular flexibility index (Phi) is 3.50. The summed E-state index contributed by atoms with van der Waals surface area (Å²) in [5.41, 5.74) is 1.43. The van der Waals surface area contributed by atoms with E-state index in [1.165, 1.54) is 12.0 Å². The van der Waals surface area contributed by atoms with Crippen molar-refractivity contribution in [1.82, 2.24) is 0 Å². The number of allylic oxidation sites excluding steroid dienone is 1. The van der Waals surface area contributed by atoms with Crippen molar-refractivity contribution in [3.05, 3.63) is 11.4 Å². The maximum Gasteiger partial charge on any atom is 0.0824 e. The monoisotopic (exact) mass is 174 g/mol. The van der Waals surface area contributed by atoms with Gasteiger partial charge in [-0.15, -0.1) is 0 Å². The van der Waals surface area contributed by atoms with E-state index in [1.807, 2.05) is 6.92 Å². The summed E-state index contributed by atoms with van der Waals surface area (Å²) in [6, 6.07) is 0. The first-order chi connectivity index (χ1) is 5.22. The van der Waals surface area contributed by atoms with E-state index in [2.05, 4.69) is 12.7 Å². The van der Waals surface area contributed by atoms with Crippen molar-refractivity contribution in [3.8, 4) is 0 Å². The summed E-state index contributed by atoms with van der Waals surface area (Å²) >= 11 is 0. The van der Waals surface area contributed by atoms with Crippen LogP contribution in [-0.2, 0) is 4.52 Å². The first kappa shape index (κ1) is 9.18. The minimum atomic E-state index is -0.352. The topological polar surface area (TPSA) is 29.5 Å². The van der Waals surface area contributed by atoms with Gasteiger partial charge in [0, 0.05) is 0 Å². The average molecular weight is 174 g/mol. The zero-order valence-corrected chi connectivity index (χ0v) is 7.97. The average Bonchev–Trinajstić information content (AvgIpc) is 2.35. The predicted octanol–water partition coefficient (Wildman–Crippen LogP) is 2.09. The first-order valence-corrected chi connectivity index (χ1v) is 5.45. The molecule has 0 bridgehead atoms. The summed E-state index contributed by atoms with van der Waals surface area (Å²) in [6.45, 7) is 4.17. The Bertz CT molecular complexity index is 156. The summed E-state index contributed by atoms with van der Waals surface area (Å²) in [5, 5.41) is 8.73. The van der Waals surface area contributed by atoms with Crippen molar-refractivity contribution in [2.24, 2.45) is 0 Å². The lowest BCUT2D eigenvalue weighted by molar-refractivity contribution is 0.143. The maximum atomic E-state index is 8.73. The second-order valence-corrected chi connectivity index (χ2v) is 4.72. The quantitative estimate of drug-likeness (QED) is 0.664. The summed E-state index contributed by atoms with van der Waals surface area (Å²) < 4.78 is 5.57. The van der Waals surface area contributed by atoms with Crippen LogP contribution in [0.15, 0.2) is 11.4 Å². The Labute approximate surface area is 69.1 Å². The third-order valence-corrected chi connectivity index (χ3v) is 3.69. The van der Waals surface area contributed by atoms with Crippen molar-refractivity contribution in [1.29, 1.82) is 0 Å². The van der Waals surface area contributed by atoms with Gasteiger partial charge in [0.1, 0.15) is 0 Å². The van der Waals surface area contributed by atoms with Crippen LogP contribution in [0, 0.1) is 0 Å². The molecule has 0 amide bonds.